The summed E-state index contributed by atoms with van der Waals surface area (Å²) in [4.78, 5) is 88.5. The fourth-order valence-electron chi connectivity index (χ4n) is 8.55. The van der Waals surface area contributed by atoms with Gasteiger partial charge in [0, 0.05) is 43.9 Å². The van der Waals surface area contributed by atoms with E-state index in [0.717, 1.165) is 25.0 Å². The summed E-state index contributed by atoms with van der Waals surface area (Å²) in [7, 11) is 0. The van der Waals surface area contributed by atoms with Crippen molar-refractivity contribution in [1.29, 1.82) is 0 Å². The number of halogens is 2. The number of carbonyl (C=O) groups is 6. The first kappa shape index (κ1) is 42.6. The number of anilines is 1. The Morgan fingerprint density at radius 2 is 1.60 bits per heavy atom. The molecule has 0 aromatic heterocycles. The Morgan fingerprint density at radius 1 is 0.833 bits per heavy atom. The van der Waals surface area contributed by atoms with Gasteiger partial charge in [0.05, 0.1) is 25.4 Å². The number of hydrogen-bond acceptors (Lipinski definition) is 11. The fourth-order valence-corrected chi connectivity index (χ4v) is 8.55. The van der Waals surface area contributed by atoms with Crippen molar-refractivity contribution in [2.45, 2.75) is 95.0 Å². The molecule has 17 nitrogen and oxygen atoms in total. The normalized spacial score (nSPS) is 26.9. The Kier molecular flexibility index (Phi) is 13.3. The predicted octanol–water partition coefficient (Wildman–Crippen LogP) is 2.03. The monoisotopic (exact) mass is 839 g/mol. The van der Waals surface area contributed by atoms with Crippen LogP contribution in [-0.2, 0) is 39.9 Å². The van der Waals surface area contributed by atoms with Crippen LogP contribution in [0.4, 0.5) is 19.3 Å². The number of rotatable bonds is 6. The molecule has 324 valence electrons. The lowest BCUT2D eigenvalue weighted by molar-refractivity contribution is -0.157. The van der Waals surface area contributed by atoms with Crippen LogP contribution in [0.15, 0.2) is 36.4 Å². The Bertz CT molecular complexity index is 1950. The predicted molar refractivity (Wildman–Crippen MR) is 208 cm³/mol. The number of fused-ring (bicyclic) bond motifs is 4. The second-order valence-corrected chi connectivity index (χ2v) is 16.1. The standard InChI is InChI=1S/C41H51F2N7O10/c1-23-12-33-40(55)58-20-31(38(53)49-11-5-7-32(49)39(54)48-10-4-3-6-29(48)19-57-21-44-24(2)37(52)50(33)18-23)46-36(51)30(15-25-13-26(42)16-27(43)14-25)47-41(56)45-28-8-9-34-35(17-28)60-22-59-34/h8-9,13-14,16-17,23-24,29-33,44H,3-7,10-12,15,18-22H2,1-2H3,(H,46,51)(H2,45,47,56)/t23-,24-,29?,30-,31-,32?,33?/m0/s1. The molecule has 4 N–H and O–H groups in total. The van der Waals surface area contributed by atoms with Crippen molar-refractivity contribution in [3.8, 4) is 11.5 Å². The number of carbonyl (C=O) groups excluding carboxylic acids is 6. The number of esters is 1. The number of ether oxygens (including phenoxy) is 4. The first-order chi connectivity index (χ1) is 28.8. The molecular weight excluding hydrogens is 788 g/mol. The van der Waals surface area contributed by atoms with Gasteiger partial charge in [0.1, 0.15) is 42.4 Å². The number of cyclic esters (lactones) is 1. The molecule has 0 bridgehead atoms. The molecule has 5 heterocycles. The van der Waals surface area contributed by atoms with Crippen molar-refractivity contribution < 1.29 is 56.5 Å². The summed E-state index contributed by atoms with van der Waals surface area (Å²) >= 11 is 0. The van der Waals surface area contributed by atoms with Gasteiger partial charge in [-0.05, 0) is 81.2 Å². The van der Waals surface area contributed by atoms with Crippen molar-refractivity contribution in [1.82, 2.24) is 30.7 Å². The molecule has 0 radical (unpaired) electrons. The second-order valence-electron chi connectivity index (χ2n) is 16.1. The van der Waals surface area contributed by atoms with E-state index in [1.165, 1.54) is 15.9 Å². The minimum absolute atomic E-state index is 0.000460. The molecule has 60 heavy (non-hydrogen) atoms. The number of nitrogens with one attached hydrogen (secondary N) is 4. The van der Waals surface area contributed by atoms with E-state index >= 15 is 0 Å². The molecule has 6 amide bonds. The summed E-state index contributed by atoms with van der Waals surface area (Å²) in [6, 6.07) is 0.529. The second kappa shape index (κ2) is 18.8. The molecule has 3 unspecified atom stereocenters. The van der Waals surface area contributed by atoms with E-state index in [1.54, 1.807) is 24.0 Å². The molecular formula is C41H51F2N7O10. The Hall–Kier alpha value is -5.56. The lowest BCUT2D eigenvalue weighted by atomic mass is 10.0. The summed E-state index contributed by atoms with van der Waals surface area (Å²) in [6.07, 6.45) is 3.08. The van der Waals surface area contributed by atoms with Crippen molar-refractivity contribution >= 4 is 41.3 Å². The van der Waals surface area contributed by atoms with E-state index in [2.05, 4.69) is 21.3 Å². The van der Waals surface area contributed by atoms with Gasteiger partial charge >= 0.3 is 12.0 Å². The van der Waals surface area contributed by atoms with Crippen LogP contribution in [0.1, 0.15) is 57.9 Å². The zero-order chi connectivity index (χ0) is 42.5. The maximum absolute atomic E-state index is 14.6. The quantitative estimate of drug-likeness (QED) is 0.311. The van der Waals surface area contributed by atoms with Crippen LogP contribution in [-0.4, -0.2) is 133 Å². The van der Waals surface area contributed by atoms with Crippen molar-refractivity contribution in [2.75, 3.05) is 51.7 Å². The molecule has 4 fully saturated rings. The third-order valence-electron chi connectivity index (χ3n) is 11.6. The summed E-state index contributed by atoms with van der Waals surface area (Å²) < 4.78 is 51.1. The zero-order valence-corrected chi connectivity index (χ0v) is 33.6. The Morgan fingerprint density at radius 3 is 2.40 bits per heavy atom. The molecule has 2 aromatic carbocycles. The number of urea groups is 1. The van der Waals surface area contributed by atoms with Gasteiger partial charge in [-0.1, -0.05) is 6.92 Å². The van der Waals surface area contributed by atoms with Crippen LogP contribution < -0.4 is 30.7 Å². The molecule has 0 aliphatic carbocycles. The van der Waals surface area contributed by atoms with Crippen LogP contribution in [0.2, 0.25) is 0 Å². The van der Waals surface area contributed by atoms with Crippen LogP contribution in [0.3, 0.4) is 0 Å². The minimum Gasteiger partial charge on any atom is -0.461 e. The van der Waals surface area contributed by atoms with Crippen molar-refractivity contribution in [3.63, 3.8) is 0 Å². The third-order valence-corrected chi connectivity index (χ3v) is 11.6. The van der Waals surface area contributed by atoms with Crippen molar-refractivity contribution in [2.24, 2.45) is 5.92 Å². The van der Waals surface area contributed by atoms with Crippen LogP contribution in [0, 0.1) is 17.6 Å². The largest absolute Gasteiger partial charge is 0.461 e. The molecule has 0 saturated carbocycles. The molecule has 2 aromatic rings. The van der Waals surface area contributed by atoms with Gasteiger partial charge in [-0.15, -0.1) is 0 Å². The van der Waals surface area contributed by atoms with E-state index < -0.39 is 78.7 Å². The van der Waals surface area contributed by atoms with E-state index in [-0.39, 0.29) is 61.7 Å². The molecule has 4 saturated heterocycles. The van der Waals surface area contributed by atoms with E-state index in [9.17, 15) is 37.5 Å². The lowest BCUT2D eigenvalue weighted by Crippen LogP contribution is -2.60. The van der Waals surface area contributed by atoms with Gasteiger partial charge in [0.25, 0.3) is 0 Å². The zero-order valence-electron chi connectivity index (χ0n) is 33.6. The summed E-state index contributed by atoms with van der Waals surface area (Å²) in [5.41, 5.74) is 0.303. The third kappa shape index (κ3) is 9.89. The summed E-state index contributed by atoms with van der Waals surface area (Å²) in [5, 5.41) is 10.8. The summed E-state index contributed by atoms with van der Waals surface area (Å²) in [5.74, 6) is -4.07. The highest BCUT2D eigenvalue weighted by Gasteiger charge is 2.44. The van der Waals surface area contributed by atoms with Crippen LogP contribution in [0.5, 0.6) is 11.5 Å². The average Bonchev–Trinajstić information content (AvgIpc) is 3.99. The molecule has 7 rings (SSSR count). The number of piperidine rings is 1. The van der Waals surface area contributed by atoms with E-state index in [4.69, 9.17) is 18.9 Å². The topological polar surface area (TPSA) is 197 Å². The van der Waals surface area contributed by atoms with Gasteiger partial charge in [-0.25, -0.2) is 18.4 Å². The Labute approximate surface area is 345 Å². The van der Waals surface area contributed by atoms with Gasteiger partial charge in [0.2, 0.25) is 30.4 Å². The van der Waals surface area contributed by atoms with Gasteiger partial charge in [-0.3, -0.25) is 24.5 Å². The number of amides is 6. The smallest absolute Gasteiger partial charge is 0.328 e. The number of hydrogen-bond donors (Lipinski definition) is 4. The SMILES string of the molecule is C[C@H]1CC2C(=O)OC[C@H](NC(=O)[C@H](Cc3cc(F)cc(F)c3)NC(=O)Nc3ccc4c(c3)OCO4)C(=O)N3CCCC3C(=O)N3CCCCC3COCN[C@@H](C)C(=O)N2C1. The molecule has 7 atom stereocenters. The minimum atomic E-state index is -1.57. The highest BCUT2D eigenvalue weighted by Crippen LogP contribution is 2.34. The van der Waals surface area contributed by atoms with Crippen LogP contribution >= 0.6 is 0 Å². The van der Waals surface area contributed by atoms with E-state index in [0.29, 0.717) is 56.3 Å². The number of benzene rings is 2. The van der Waals surface area contributed by atoms with Crippen molar-refractivity contribution in [3.05, 3.63) is 53.6 Å². The molecule has 19 heteroatoms. The van der Waals surface area contributed by atoms with Crippen LogP contribution in [0.25, 0.3) is 0 Å². The first-order valence-electron chi connectivity index (χ1n) is 20.5. The maximum Gasteiger partial charge on any atom is 0.328 e. The van der Waals surface area contributed by atoms with Gasteiger partial charge < -0.3 is 49.6 Å². The number of nitrogens with zero attached hydrogens (tertiary/aromatic N) is 3. The fraction of sp³-hybridized carbons (Fsp3) is 0.561. The van der Waals surface area contributed by atoms with E-state index in [1.807, 2.05) is 6.92 Å². The first-order valence-corrected chi connectivity index (χ1v) is 20.5. The van der Waals surface area contributed by atoms with Gasteiger partial charge in [0.15, 0.2) is 11.5 Å². The molecule has 0 spiro atoms. The average molecular weight is 840 g/mol. The highest BCUT2D eigenvalue weighted by atomic mass is 19.1. The maximum atomic E-state index is 14.6. The highest BCUT2D eigenvalue weighted by molar-refractivity contribution is 5.97. The molecule has 5 aliphatic heterocycles. The van der Waals surface area contributed by atoms with Gasteiger partial charge in [-0.2, -0.15) is 0 Å². The lowest BCUT2D eigenvalue weighted by Gasteiger charge is -2.39. The Balaban J connectivity index is 1.16. The summed E-state index contributed by atoms with van der Waals surface area (Å²) in [6.45, 7) is 4.08. The molecule has 5 aliphatic rings.